The van der Waals surface area contributed by atoms with Crippen molar-refractivity contribution < 1.29 is 5.11 Å². The van der Waals surface area contributed by atoms with E-state index in [0.717, 1.165) is 25.1 Å². The van der Waals surface area contributed by atoms with E-state index >= 15 is 0 Å². The van der Waals surface area contributed by atoms with Gasteiger partial charge in [-0.15, -0.1) is 0 Å². The first-order chi connectivity index (χ1) is 9.91. The van der Waals surface area contributed by atoms with Gasteiger partial charge in [-0.05, 0) is 51.7 Å². The number of rotatable bonds is 6. The van der Waals surface area contributed by atoms with E-state index in [4.69, 9.17) is 11.6 Å². The highest BCUT2D eigenvalue weighted by atomic mass is 35.5. The highest BCUT2D eigenvalue weighted by Crippen LogP contribution is 2.28. The lowest BCUT2D eigenvalue weighted by molar-refractivity contribution is 0.0877. The summed E-state index contributed by atoms with van der Waals surface area (Å²) in [5, 5.41) is 11.5. The molecule has 0 aliphatic rings. The molecule has 0 aliphatic carbocycles. The van der Waals surface area contributed by atoms with E-state index in [2.05, 4.69) is 24.0 Å². The molecule has 0 fully saturated rings. The summed E-state index contributed by atoms with van der Waals surface area (Å²) >= 11 is 5.91. The molecule has 1 aromatic heterocycles. The molecule has 4 nitrogen and oxygen atoms in total. The molecule has 0 aliphatic heterocycles. The third kappa shape index (κ3) is 3.84. The van der Waals surface area contributed by atoms with Crippen molar-refractivity contribution >= 4 is 11.6 Å². The number of hydrogen-bond donors (Lipinski definition) is 1. The van der Waals surface area contributed by atoms with Crippen LogP contribution in [0.1, 0.15) is 24.7 Å². The third-order valence-corrected chi connectivity index (χ3v) is 3.81. The minimum absolute atomic E-state index is 0.656. The van der Waals surface area contributed by atoms with Crippen LogP contribution in [0.3, 0.4) is 0 Å². The Kier molecular flexibility index (Phi) is 5.04. The number of nitrogens with zero attached hydrogens (tertiary/aromatic N) is 3. The molecule has 21 heavy (non-hydrogen) atoms. The molecular formula is C16H22ClN3O. The Labute approximate surface area is 131 Å². The lowest BCUT2D eigenvalue weighted by Crippen LogP contribution is -2.28. The Balaban J connectivity index is 2.20. The number of aliphatic hydroxyl groups is 1. The van der Waals surface area contributed by atoms with Gasteiger partial charge in [0, 0.05) is 24.0 Å². The second kappa shape index (κ2) is 6.60. The maximum atomic E-state index is 10.9. The van der Waals surface area contributed by atoms with Crippen molar-refractivity contribution in [1.29, 1.82) is 0 Å². The van der Waals surface area contributed by atoms with Crippen LogP contribution in [-0.2, 0) is 12.1 Å². The Morgan fingerprint density at radius 3 is 2.57 bits per heavy atom. The van der Waals surface area contributed by atoms with Crippen molar-refractivity contribution in [3.8, 4) is 0 Å². The maximum Gasteiger partial charge on any atom is 0.145 e. The summed E-state index contributed by atoms with van der Waals surface area (Å²) in [7, 11) is 4.11. The van der Waals surface area contributed by atoms with Crippen LogP contribution in [-0.4, -0.2) is 40.2 Å². The molecule has 114 valence electrons. The normalized spacial score (nSPS) is 14.4. The van der Waals surface area contributed by atoms with Gasteiger partial charge in [-0.3, -0.25) is 0 Å². The molecule has 0 bridgehead atoms. The van der Waals surface area contributed by atoms with E-state index in [1.165, 1.54) is 0 Å². The monoisotopic (exact) mass is 307 g/mol. The number of halogens is 1. The topological polar surface area (TPSA) is 41.3 Å². The first-order valence-corrected chi connectivity index (χ1v) is 7.44. The first-order valence-electron chi connectivity index (χ1n) is 7.06. The molecule has 0 saturated heterocycles. The molecule has 2 rings (SSSR count). The number of aromatic nitrogens is 2. The summed E-state index contributed by atoms with van der Waals surface area (Å²) in [5.41, 5.74) is -0.349. The van der Waals surface area contributed by atoms with Gasteiger partial charge in [0.25, 0.3) is 0 Å². The average Bonchev–Trinajstić information content (AvgIpc) is 2.88. The molecule has 0 spiro atoms. The Morgan fingerprint density at radius 1 is 1.29 bits per heavy atom. The molecule has 1 aromatic carbocycles. The summed E-state index contributed by atoms with van der Waals surface area (Å²) in [6, 6.07) is 7.23. The molecule has 1 N–H and O–H groups in total. The van der Waals surface area contributed by atoms with E-state index in [0.29, 0.717) is 10.8 Å². The largest absolute Gasteiger partial charge is 0.377 e. The van der Waals surface area contributed by atoms with Crippen LogP contribution in [0.4, 0.5) is 0 Å². The van der Waals surface area contributed by atoms with Crippen molar-refractivity contribution in [2.75, 3.05) is 20.6 Å². The summed E-state index contributed by atoms with van der Waals surface area (Å²) in [6.45, 7) is 3.60. The van der Waals surface area contributed by atoms with E-state index in [-0.39, 0.29) is 0 Å². The fourth-order valence-electron chi connectivity index (χ4n) is 2.38. The van der Waals surface area contributed by atoms with Gasteiger partial charge in [-0.1, -0.05) is 23.7 Å². The lowest BCUT2D eigenvalue weighted by atomic mass is 9.95. The summed E-state index contributed by atoms with van der Waals surface area (Å²) in [5.74, 6) is 0.656. The minimum Gasteiger partial charge on any atom is -0.377 e. The van der Waals surface area contributed by atoms with Gasteiger partial charge < -0.3 is 14.6 Å². The van der Waals surface area contributed by atoms with Crippen LogP contribution in [0.15, 0.2) is 36.7 Å². The van der Waals surface area contributed by atoms with E-state index in [9.17, 15) is 5.11 Å². The van der Waals surface area contributed by atoms with Crippen LogP contribution < -0.4 is 0 Å². The van der Waals surface area contributed by atoms with Crippen molar-refractivity contribution in [3.05, 3.63) is 53.1 Å². The molecule has 0 radical (unpaired) electrons. The lowest BCUT2D eigenvalue weighted by Gasteiger charge is -2.24. The Hall–Kier alpha value is -1.36. The van der Waals surface area contributed by atoms with Crippen LogP contribution in [0.5, 0.6) is 0 Å². The van der Waals surface area contributed by atoms with Gasteiger partial charge in [0.15, 0.2) is 0 Å². The van der Waals surface area contributed by atoms with Crippen LogP contribution in [0.25, 0.3) is 0 Å². The van der Waals surface area contributed by atoms with Gasteiger partial charge in [0.05, 0.1) is 0 Å². The number of benzene rings is 1. The van der Waals surface area contributed by atoms with Gasteiger partial charge in [-0.2, -0.15) is 0 Å². The highest BCUT2D eigenvalue weighted by molar-refractivity contribution is 6.30. The van der Waals surface area contributed by atoms with Gasteiger partial charge in [-0.25, -0.2) is 4.98 Å². The molecular weight excluding hydrogens is 286 g/mol. The summed E-state index contributed by atoms with van der Waals surface area (Å²) in [4.78, 5) is 6.50. The summed E-state index contributed by atoms with van der Waals surface area (Å²) in [6.07, 6.45) is 4.65. The van der Waals surface area contributed by atoms with Crippen molar-refractivity contribution in [2.45, 2.75) is 25.5 Å². The second-order valence-corrected chi connectivity index (χ2v) is 6.12. The first kappa shape index (κ1) is 16.0. The standard InChI is InChI=1S/C16H22ClN3O/c1-16(21,13-5-7-14(17)8-6-13)15-18-9-12-20(15)11-4-10-19(2)3/h5-9,12,21H,4,10-11H2,1-3H3. The Bertz CT molecular complexity index is 575. The second-order valence-electron chi connectivity index (χ2n) is 5.68. The fourth-order valence-corrected chi connectivity index (χ4v) is 2.50. The quantitative estimate of drug-likeness (QED) is 0.892. The zero-order valence-electron chi connectivity index (χ0n) is 12.8. The van der Waals surface area contributed by atoms with Crippen molar-refractivity contribution in [3.63, 3.8) is 0 Å². The number of hydrogen-bond acceptors (Lipinski definition) is 3. The van der Waals surface area contributed by atoms with Gasteiger partial charge >= 0.3 is 0 Å². The van der Waals surface area contributed by atoms with Gasteiger partial charge in [0.1, 0.15) is 11.4 Å². The van der Waals surface area contributed by atoms with E-state index < -0.39 is 5.60 Å². The van der Waals surface area contributed by atoms with Crippen molar-refractivity contribution in [1.82, 2.24) is 14.5 Å². The van der Waals surface area contributed by atoms with Crippen molar-refractivity contribution in [2.24, 2.45) is 0 Å². The minimum atomic E-state index is -1.13. The predicted octanol–water partition coefficient (Wildman–Crippen LogP) is 2.74. The van der Waals surface area contributed by atoms with E-state index in [1.54, 1.807) is 25.3 Å². The third-order valence-electron chi connectivity index (χ3n) is 3.56. The Morgan fingerprint density at radius 2 is 1.95 bits per heavy atom. The number of imidazole rings is 1. The van der Waals surface area contributed by atoms with E-state index in [1.807, 2.05) is 22.9 Å². The zero-order valence-corrected chi connectivity index (χ0v) is 13.5. The molecule has 1 atom stereocenters. The van der Waals surface area contributed by atoms with Crippen LogP contribution in [0.2, 0.25) is 5.02 Å². The molecule has 1 unspecified atom stereocenters. The molecule has 1 heterocycles. The average molecular weight is 308 g/mol. The molecule has 2 aromatic rings. The SMILES string of the molecule is CN(C)CCCn1ccnc1C(C)(O)c1ccc(Cl)cc1. The van der Waals surface area contributed by atoms with Crippen LogP contribution >= 0.6 is 11.6 Å². The highest BCUT2D eigenvalue weighted by Gasteiger charge is 2.30. The smallest absolute Gasteiger partial charge is 0.145 e. The molecule has 0 saturated carbocycles. The van der Waals surface area contributed by atoms with Crippen LogP contribution in [0, 0.1) is 0 Å². The maximum absolute atomic E-state index is 10.9. The fraction of sp³-hybridized carbons (Fsp3) is 0.438. The molecule has 0 amide bonds. The molecule has 5 heteroatoms. The summed E-state index contributed by atoms with van der Waals surface area (Å²) < 4.78 is 2.01. The number of aryl methyl sites for hydroxylation is 1. The zero-order chi connectivity index (χ0) is 15.5. The predicted molar refractivity (Wildman–Crippen MR) is 85.5 cm³/mol. The van der Waals surface area contributed by atoms with Gasteiger partial charge in [0.2, 0.25) is 0 Å².